The van der Waals surface area contributed by atoms with Gasteiger partial charge in [-0.25, -0.2) is 0 Å². The van der Waals surface area contributed by atoms with Crippen LogP contribution in [-0.2, 0) is 17.1 Å². The molecule has 0 radical (unpaired) electrons. The molecular formula is C5H11Cl3OTi. The summed E-state index contributed by atoms with van der Waals surface area (Å²) in [5.74, 6) is 0. The van der Waals surface area contributed by atoms with Gasteiger partial charge in [-0.05, 0) is 0 Å². The van der Waals surface area contributed by atoms with Gasteiger partial charge in [0.15, 0.2) is 0 Å². The summed E-state index contributed by atoms with van der Waals surface area (Å²) in [7, 11) is 16.5. The van der Waals surface area contributed by atoms with Gasteiger partial charge in [0.1, 0.15) is 0 Å². The van der Waals surface area contributed by atoms with Gasteiger partial charge in [0.05, 0.1) is 0 Å². The maximum atomic E-state index is 5.51. The standard InChI is InChI=1S/C5H11O.3ClH.Ti/c1-2-3-4-5-6;;;;/h2-5H2,1H3;3*1H;/q-1;;;;+4/p-3. The fourth-order valence-electron chi connectivity index (χ4n) is 0.540. The Kier molecular flexibility index (Phi) is 7.05. The van der Waals surface area contributed by atoms with Crippen LogP contribution in [0, 0.1) is 0 Å². The summed E-state index contributed by atoms with van der Waals surface area (Å²) in [6.07, 6.45) is 3.30. The molecule has 0 amide bonds. The number of rotatable bonds is 5. The molecule has 0 aromatic heterocycles. The number of halogens is 3. The summed E-state index contributed by atoms with van der Waals surface area (Å²) in [4.78, 5) is 0. The summed E-state index contributed by atoms with van der Waals surface area (Å²) in [5, 5.41) is 0. The van der Waals surface area contributed by atoms with Gasteiger partial charge >= 0.3 is 77.8 Å². The van der Waals surface area contributed by atoms with Crippen molar-refractivity contribution in [2.24, 2.45) is 0 Å². The van der Waals surface area contributed by atoms with Crippen LogP contribution in [-0.4, -0.2) is 6.61 Å². The van der Waals surface area contributed by atoms with Gasteiger partial charge < -0.3 is 0 Å². The van der Waals surface area contributed by atoms with Crippen molar-refractivity contribution in [3.05, 3.63) is 0 Å². The van der Waals surface area contributed by atoms with Crippen molar-refractivity contribution in [1.82, 2.24) is 0 Å². The van der Waals surface area contributed by atoms with Gasteiger partial charge in [-0.1, -0.05) is 0 Å². The summed E-state index contributed by atoms with van der Waals surface area (Å²) in [6, 6.07) is 0. The molecule has 0 saturated carbocycles. The van der Waals surface area contributed by atoms with Gasteiger partial charge in [0, 0.05) is 0 Å². The first kappa shape index (κ1) is 11.5. The average molecular weight is 241 g/mol. The molecule has 0 aliphatic heterocycles. The first-order chi connectivity index (χ1) is 4.56. The molecular weight excluding hydrogens is 230 g/mol. The average Bonchev–Trinajstić information content (AvgIpc) is 1.78. The number of unbranched alkanes of at least 4 members (excludes halogenated alkanes) is 2. The Morgan fingerprint density at radius 2 is 1.80 bits per heavy atom. The third kappa shape index (κ3) is 9.54. The number of hydrogen-bond acceptors (Lipinski definition) is 1. The normalized spacial score (nSPS) is 12.0. The van der Waals surface area contributed by atoms with Crippen molar-refractivity contribution in [3.63, 3.8) is 0 Å². The first-order valence-corrected chi connectivity index (χ1v) is 10.4. The minimum atomic E-state index is -3.23. The molecule has 0 saturated heterocycles. The Hall–Kier alpha value is 1.54. The maximum absolute atomic E-state index is 5.51. The van der Waals surface area contributed by atoms with Crippen LogP contribution in [0.2, 0.25) is 0 Å². The van der Waals surface area contributed by atoms with Crippen LogP contribution in [0.1, 0.15) is 26.2 Å². The Morgan fingerprint density at radius 3 is 2.20 bits per heavy atom. The van der Waals surface area contributed by atoms with Crippen LogP contribution in [0.5, 0.6) is 0 Å². The zero-order valence-electron chi connectivity index (χ0n) is 5.87. The van der Waals surface area contributed by atoms with Crippen LogP contribution in [0.3, 0.4) is 0 Å². The van der Waals surface area contributed by atoms with E-state index in [1.54, 1.807) is 0 Å². The zero-order chi connectivity index (χ0) is 8.04. The minimum absolute atomic E-state index is 0.602. The van der Waals surface area contributed by atoms with Crippen LogP contribution >= 0.6 is 27.9 Å². The molecule has 0 aliphatic carbocycles. The van der Waals surface area contributed by atoms with E-state index in [0.29, 0.717) is 6.61 Å². The van der Waals surface area contributed by atoms with Crippen molar-refractivity contribution in [2.45, 2.75) is 26.2 Å². The SMILES string of the molecule is CCCCC[O][Ti]([Cl])([Cl])[Cl]. The van der Waals surface area contributed by atoms with Crippen LogP contribution in [0.4, 0.5) is 0 Å². The second kappa shape index (κ2) is 6.10. The Morgan fingerprint density at radius 1 is 1.20 bits per heavy atom. The second-order valence-corrected chi connectivity index (χ2v) is 12.8. The third-order valence-electron chi connectivity index (χ3n) is 1.01. The molecule has 0 rings (SSSR count). The predicted octanol–water partition coefficient (Wildman–Crippen LogP) is 3.72. The molecule has 0 aliphatic rings. The topological polar surface area (TPSA) is 9.23 Å². The molecule has 0 atom stereocenters. The summed E-state index contributed by atoms with van der Waals surface area (Å²) < 4.78 is 5.02. The monoisotopic (exact) mass is 240 g/mol. The van der Waals surface area contributed by atoms with Crippen LogP contribution in [0.15, 0.2) is 0 Å². The van der Waals surface area contributed by atoms with Gasteiger partial charge in [0.25, 0.3) is 0 Å². The van der Waals surface area contributed by atoms with Gasteiger partial charge in [0.2, 0.25) is 0 Å². The zero-order valence-corrected chi connectivity index (χ0v) is 9.70. The van der Waals surface area contributed by atoms with E-state index in [0.717, 1.165) is 19.3 Å². The third-order valence-corrected chi connectivity index (χ3v) is 3.19. The van der Waals surface area contributed by atoms with E-state index in [2.05, 4.69) is 6.92 Å². The molecule has 62 valence electrons. The van der Waals surface area contributed by atoms with E-state index in [1.165, 1.54) is 0 Å². The summed E-state index contributed by atoms with van der Waals surface area (Å²) in [6.45, 7) is 2.72. The Labute approximate surface area is 77.4 Å². The molecule has 0 fully saturated rings. The van der Waals surface area contributed by atoms with Crippen molar-refractivity contribution in [2.75, 3.05) is 6.61 Å². The summed E-state index contributed by atoms with van der Waals surface area (Å²) in [5.41, 5.74) is 0. The quantitative estimate of drug-likeness (QED) is 0.526. The van der Waals surface area contributed by atoms with E-state index >= 15 is 0 Å². The van der Waals surface area contributed by atoms with Crippen molar-refractivity contribution < 1.29 is 17.1 Å². The van der Waals surface area contributed by atoms with E-state index < -0.39 is 13.8 Å². The van der Waals surface area contributed by atoms with Crippen molar-refractivity contribution in [3.8, 4) is 0 Å². The first-order valence-electron chi connectivity index (χ1n) is 3.27. The van der Waals surface area contributed by atoms with E-state index in [1.807, 2.05) is 0 Å². The summed E-state index contributed by atoms with van der Waals surface area (Å²) >= 11 is -3.23. The van der Waals surface area contributed by atoms with Gasteiger partial charge in [-0.2, -0.15) is 0 Å². The van der Waals surface area contributed by atoms with Crippen LogP contribution < -0.4 is 0 Å². The Balaban J connectivity index is 3.04. The van der Waals surface area contributed by atoms with Gasteiger partial charge in [-0.15, -0.1) is 0 Å². The number of hydrogen-bond donors (Lipinski definition) is 0. The fraction of sp³-hybridized carbons (Fsp3) is 1.00. The molecule has 0 N–H and O–H groups in total. The molecule has 0 unspecified atom stereocenters. The molecule has 0 bridgehead atoms. The second-order valence-electron chi connectivity index (χ2n) is 2.00. The molecule has 10 heavy (non-hydrogen) atoms. The molecule has 1 nitrogen and oxygen atoms in total. The van der Waals surface area contributed by atoms with E-state index in [9.17, 15) is 0 Å². The van der Waals surface area contributed by atoms with Crippen molar-refractivity contribution >= 4 is 27.9 Å². The van der Waals surface area contributed by atoms with E-state index in [-0.39, 0.29) is 0 Å². The molecule has 5 heteroatoms. The predicted molar refractivity (Wildman–Crippen MR) is 43.0 cm³/mol. The fourth-order valence-corrected chi connectivity index (χ4v) is 2.08. The molecule has 0 heterocycles. The van der Waals surface area contributed by atoms with Gasteiger partial charge in [-0.3, -0.25) is 0 Å². The van der Waals surface area contributed by atoms with Crippen molar-refractivity contribution in [1.29, 1.82) is 0 Å². The van der Waals surface area contributed by atoms with E-state index in [4.69, 9.17) is 31.2 Å². The van der Waals surface area contributed by atoms with Crippen LogP contribution in [0.25, 0.3) is 0 Å². The molecule has 0 spiro atoms. The molecule has 0 aromatic carbocycles. The Bertz CT molecular complexity index is 83.5. The molecule has 0 aromatic rings.